The Balaban J connectivity index is 2.85. The first-order chi connectivity index (χ1) is 2.27. The van der Waals surface area contributed by atoms with Crippen LogP contribution < -0.4 is 0 Å². The van der Waals surface area contributed by atoms with Crippen molar-refractivity contribution >= 4 is 7.28 Å². The number of hydrogen-bond acceptors (Lipinski definition) is 0. The Hall–Kier alpha value is -0.195. The molecule has 0 aromatic carbocycles. The van der Waals surface area contributed by atoms with E-state index < -0.39 is 0 Å². The summed E-state index contributed by atoms with van der Waals surface area (Å²) in [4.78, 5) is 0. The van der Waals surface area contributed by atoms with Crippen molar-refractivity contribution in [3.63, 3.8) is 0 Å². The van der Waals surface area contributed by atoms with Crippen LogP contribution in [0, 0.1) is 0 Å². The quantitative estimate of drug-likeness (QED) is 0.405. The molecule has 1 heteroatoms. The lowest BCUT2D eigenvalue weighted by atomic mass is 9.75. The van der Waals surface area contributed by atoms with Gasteiger partial charge in [-0.25, -0.2) is 0 Å². The molecule has 1 radical (unpaired) electrons. The molecule has 5 heavy (non-hydrogen) atoms. The highest BCUT2D eigenvalue weighted by Gasteiger charge is 1.71. The summed E-state index contributed by atoms with van der Waals surface area (Å²) in [7, 11) is 1.97. The Morgan fingerprint density at radius 1 is 1.80 bits per heavy atom. The van der Waals surface area contributed by atoms with Crippen molar-refractivity contribution in [2.45, 2.75) is 13.7 Å². The van der Waals surface area contributed by atoms with Gasteiger partial charge in [0, 0.05) is 0 Å². The van der Waals surface area contributed by atoms with Crippen LogP contribution in [0.2, 0.25) is 6.82 Å². The largest absolute Gasteiger partial charge is 0.141 e. The second-order valence-corrected chi connectivity index (χ2v) is 1.14. The first-order valence-electron chi connectivity index (χ1n) is 1.72. The summed E-state index contributed by atoms with van der Waals surface area (Å²) in [5.74, 6) is 0. The lowest BCUT2D eigenvalue weighted by Gasteiger charge is -1.77. The van der Waals surface area contributed by atoms with E-state index in [9.17, 15) is 0 Å². The first-order valence-corrected chi connectivity index (χ1v) is 1.72. The minimum absolute atomic E-state index is 1.13. The van der Waals surface area contributed by atoms with E-state index in [1.807, 2.05) is 21.0 Å². The van der Waals surface area contributed by atoms with Crippen LogP contribution in [-0.2, 0) is 0 Å². The Labute approximate surface area is 34.1 Å². The number of rotatable bonds is 1. The van der Waals surface area contributed by atoms with Crippen molar-refractivity contribution in [1.82, 2.24) is 0 Å². The van der Waals surface area contributed by atoms with Crippen LogP contribution in [0.1, 0.15) is 6.92 Å². The topological polar surface area (TPSA) is 0 Å². The van der Waals surface area contributed by atoms with Crippen LogP contribution in [0.3, 0.4) is 0 Å². The maximum atomic E-state index is 3.62. The maximum absolute atomic E-state index is 3.62. The Bertz CT molecular complexity index is 38.9. The highest BCUT2D eigenvalue weighted by Crippen LogP contribution is 1.76. The van der Waals surface area contributed by atoms with E-state index in [0.717, 1.165) is 5.47 Å². The summed E-state index contributed by atoms with van der Waals surface area (Å²) >= 11 is 0. The van der Waals surface area contributed by atoms with Gasteiger partial charge in [-0.2, -0.15) is 0 Å². The smallest absolute Gasteiger partial charge is 0.119 e. The zero-order valence-corrected chi connectivity index (χ0v) is 3.78. The Morgan fingerprint density at radius 3 is 2.00 bits per heavy atom. The monoisotopic (exact) mass is 67.1 g/mol. The average molecular weight is 66.9 g/mol. The molecule has 0 aliphatic rings. The van der Waals surface area contributed by atoms with Crippen LogP contribution in [0.4, 0.5) is 0 Å². The first kappa shape index (κ1) is 4.80. The minimum Gasteiger partial charge on any atom is -0.119 e. The molecule has 0 unspecified atom stereocenters. The predicted molar refractivity (Wildman–Crippen MR) is 26.4 cm³/mol. The van der Waals surface area contributed by atoms with Crippen LogP contribution in [0.25, 0.3) is 0 Å². The zero-order valence-electron chi connectivity index (χ0n) is 3.78. The van der Waals surface area contributed by atoms with Crippen LogP contribution >= 0.6 is 0 Å². The Morgan fingerprint density at radius 2 is 2.00 bits per heavy atom. The second kappa shape index (κ2) is 2.07. The third-order valence-electron chi connectivity index (χ3n) is 0.493. The van der Waals surface area contributed by atoms with Crippen molar-refractivity contribution in [2.75, 3.05) is 0 Å². The lowest BCUT2D eigenvalue weighted by molar-refractivity contribution is 1.69. The van der Waals surface area contributed by atoms with E-state index >= 15 is 0 Å². The van der Waals surface area contributed by atoms with Crippen LogP contribution in [0.15, 0.2) is 12.1 Å². The number of allylic oxidation sites excluding steroid dienone is 1. The molecule has 0 aliphatic heterocycles. The molecule has 0 amide bonds. The fourth-order valence-electron chi connectivity index (χ4n) is 0. The summed E-state index contributed by atoms with van der Waals surface area (Å²) in [5, 5.41) is 0. The average Bonchev–Trinajstić information content (AvgIpc) is 1.38. The third-order valence-corrected chi connectivity index (χ3v) is 0.493. The van der Waals surface area contributed by atoms with Gasteiger partial charge in [-0.1, -0.05) is 13.7 Å². The SMILES string of the molecule is C=C(C)[B]C. The van der Waals surface area contributed by atoms with Gasteiger partial charge < -0.3 is 0 Å². The minimum atomic E-state index is 1.13. The fourth-order valence-corrected chi connectivity index (χ4v) is 0. The molecule has 0 bridgehead atoms. The molecule has 0 saturated carbocycles. The standard InChI is InChI=1S/C4H8B/c1-4(2)5-3/h1H2,2-3H3. The summed E-state index contributed by atoms with van der Waals surface area (Å²) in [6, 6.07) is 0. The highest BCUT2D eigenvalue weighted by atomic mass is 13.5. The molecule has 0 aromatic rings. The number of hydrogen-bond donors (Lipinski definition) is 0. The van der Waals surface area contributed by atoms with Crippen molar-refractivity contribution in [2.24, 2.45) is 0 Å². The molecule has 27 valence electrons. The van der Waals surface area contributed by atoms with E-state index in [2.05, 4.69) is 6.58 Å². The third kappa shape index (κ3) is 3.80. The molecule has 0 aromatic heterocycles. The molecule has 0 nitrogen and oxygen atoms in total. The van der Waals surface area contributed by atoms with E-state index in [4.69, 9.17) is 0 Å². The predicted octanol–water partition coefficient (Wildman–Crippen LogP) is 1.27. The van der Waals surface area contributed by atoms with Gasteiger partial charge in [0.2, 0.25) is 0 Å². The molecular weight excluding hydrogens is 58.9 g/mol. The van der Waals surface area contributed by atoms with E-state index in [1.54, 1.807) is 0 Å². The van der Waals surface area contributed by atoms with Gasteiger partial charge >= 0.3 is 0 Å². The molecule has 0 rings (SSSR count). The molecular formula is C4H8B. The van der Waals surface area contributed by atoms with Crippen molar-refractivity contribution < 1.29 is 0 Å². The molecule has 0 spiro atoms. The summed E-state index contributed by atoms with van der Waals surface area (Å²) in [6.45, 7) is 7.56. The van der Waals surface area contributed by atoms with Crippen molar-refractivity contribution in [3.05, 3.63) is 12.1 Å². The molecule has 0 fully saturated rings. The van der Waals surface area contributed by atoms with Gasteiger partial charge in [-0.15, -0.1) is 12.1 Å². The van der Waals surface area contributed by atoms with Crippen molar-refractivity contribution in [3.8, 4) is 0 Å². The maximum Gasteiger partial charge on any atom is 0.141 e. The van der Waals surface area contributed by atoms with Gasteiger partial charge in [0.25, 0.3) is 0 Å². The molecule has 0 atom stereocenters. The lowest BCUT2D eigenvalue weighted by Crippen LogP contribution is -1.76. The van der Waals surface area contributed by atoms with E-state index in [-0.39, 0.29) is 0 Å². The molecule has 0 saturated heterocycles. The summed E-state index contributed by atoms with van der Waals surface area (Å²) < 4.78 is 0. The van der Waals surface area contributed by atoms with E-state index in [0.29, 0.717) is 0 Å². The summed E-state index contributed by atoms with van der Waals surface area (Å²) in [6.07, 6.45) is 0. The normalized spacial score (nSPS) is 6.80. The highest BCUT2D eigenvalue weighted by molar-refractivity contribution is 6.43. The van der Waals surface area contributed by atoms with Gasteiger partial charge in [-0.05, 0) is 0 Å². The van der Waals surface area contributed by atoms with Gasteiger partial charge in [0.1, 0.15) is 7.28 Å². The van der Waals surface area contributed by atoms with Crippen LogP contribution in [0.5, 0.6) is 0 Å². The molecule has 0 aliphatic carbocycles. The van der Waals surface area contributed by atoms with Crippen molar-refractivity contribution in [1.29, 1.82) is 0 Å². The van der Waals surface area contributed by atoms with Gasteiger partial charge in [0.05, 0.1) is 0 Å². The molecule has 0 heterocycles. The van der Waals surface area contributed by atoms with Gasteiger partial charge in [0.15, 0.2) is 0 Å². The zero-order chi connectivity index (χ0) is 4.28. The van der Waals surface area contributed by atoms with Crippen LogP contribution in [-0.4, -0.2) is 7.28 Å². The molecule has 0 N–H and O–H groups in total. The summed E-state index contributed by atoms with van der Waals surface area (Å²) in [5.41, 5.74) is 1.13. The Kier molecular flexibility index (Phi) is 1.99. The fraction of sp³-hybridized carbons (Fsp3) is 0.500. The van der Waals surface area contributed by atoms with E-state index in [1.165, 1.54) is 0 Å². The second-order valence-electron chi connectivity index (χ2n) is 1.14. The van der Waals surface area contributed by atoms with Gasteiger partial charge in [-0.3, -0.25) is 0 Å².